The third kappa shape index (κ3) is 2.57. The van der Waals surface area contributed by atoms with Crippen molar-refractivity contribution >= 4 is 10.9 Å². The van der Waals surface area contributed by atoms with Gasteiger partial charge in [-0.05, 0) is 30.7 Å². The van der Waals surface area contributed by atoms with Crippen molar-refractivity contribution < 1.29 is 0 Å². The predicted octanol–water partition coefficient (Wildman–Crippen LogP) is 2.92. The summed E-state index contributed by atoms with van der Waals surface area (Å²) in [7, 11) is 0. The van der Waals surface area contributed by atoms with Crippen LogP contribution in [0.3, 0.4) is 0 Å². The number of aromatic amines is 1. The van der Waals surface area contributed by atoms with Crippen molar-refractivity contribution in [1.29, 1.82) is 0 Å². The molecule has 0 unspecified atom stereocenters. The molecule has 0 amide bonds. The zero-order chi connectivity index (χ0) is 12.1. The number of hydrogen-bond acceptors (Lipinski definition) is 2. The number of H-pyrrole nitrogens is 1. The molecule has 0 saturated carbocycles. The van der Waals surface area contributed by atoms with Gasteiger partial charge in [-0.3, -0.25) is 5.10 Å². The summed E-state index contributed by atoms with van der Waals surface area (Å²) in [4.78, 5) is 2.67. The number of aryl methyl sites for hydroxylation is 1. The first-order valence-corrected chi connectivity index (χ1v) is 5.26. The Morgan fingerprint density at radius 1 is 1.53 bits per heavy atom. The number of fused-ring (bicyclic) bond motifs is 1. The molecule has 1 N–H and O–H groups in total. The highest BCUT2D eigenvalue weighted by molar-refractivity contribution is 5.82. The standard InChI is InChI=1S/C12H11N5/c1-9-11-6-5-10(8-12(11)16-15-9)4-2-3-7-14-17-13/h5-6,8H,3,7H2,1H3,(H,15,16). The molecule has 0 aliphatic heterocycles. The Kier molecular flexibility index (Phi) is 3.29. The Morgan fingerprint density at radius 3 is 3.24 bits per heavy atom. The van der Waals surface area contributed by atoms with Crippen molar-refractivity contribution in [3.8, 4) is 11.8 Å². The molecule has 2 aromatic rings. The normalized spacial score (nSPS) is 9.47. The molecule has 0 saturated heterocycles. The van der Waals surface area contributed by atoms with E-state index in [-0.39, 0.29) is 0 Å². The van der Waals surface area contributed by atoms with Gasteiger partial charge in [-0.1, -0.05) is 17.0 Å². The lowest BCUT2D eigenvalue weighted by Crippen LogP contribution is -1.77. The summed E-state index contributed by atoms with van der Waals surface area (Å²) in [6.07, 6.45) is 0.571. The molecule has 2 rings (SSSR count). The maximum absolute atomic E-state index is 8.10. The lowest BCUT2D eigenvalue weighted by molar-refractivity contribution is 1.01. The lowest BCUT2D eigenvalue weighted by Gasteiger charge is -1.91. The average molecular weight is 225 g/mol. The van der Waals surface area contributed by atoms with Crippen molar-refractivity contribution in [2.45, 2.75) is 13.3 Å². The van der Waals surface area contributed by atoms with Crippen LogP contribution < -0.4 is 0 Å². The molecule has 17 heavy (non-hydrogen) atoms. The number of nitrogens with zero attached hydrogens (tertiary/aromatic N) is 4. The van der Waals surface area contributed by atoms with Crippen molar-refractivity contribution in [3.63, 3.8) is 0 Å². The van der Waals surface area contributed by atoms with Gasteiger partial charge < -0.3 is 0 Å². The van der Waals surface area contributed by atoms with E-state index in [0.717, 1.165) is 22.2 Å². The molecule has 0 aliphatic rings. The van der Waals surface area contributed by atoms with Crippen LogP contribution in [-0.2, 0) is 0 Å². The van der Waals surface area contributed by atoms with E-state index < -0.39 is 0 Å². The number of rotatable bonds is 2. The van der Waals surface area contributed by atoms with Crippen molar-refractivity contribution in [1.82, 2.24) is 10.2 Å². The van der Waals surface area contributed by atoms with E-state index in [9.17, 15) is 0 Å². The van der Waals surface area contributed by atoms with E-state index >= 15 is 0 Å². The van der Waals surface area contributed by atoms with Gasteiger partial charge in [0.15, 0.2) is 0 Å². The van der Waals surface area contributed by atoms with E-state index in [0.29, 0.717) is 13.0 Å². The zero-order valence-corrected chi connectivity index (χ0v) is 9.44. The van der Waals surface area contributed by atoms with Crippen LogP contribution in [0.25, 0.3) is 21.3 Å². The highest BCUT2D eigenvalue weighted by Gasteiger charge is 2.00. The average Bonchev–Trinajstić information content (AvgIpc) is 2.71. The summed E-state index contributed by atoms with van der Waals surface area (Å²) < 4.78 is 0. The Morgan fingerprint density at radius 2 is 2.41 bits per heavy atom. The van der Waals surface area contributed by atoms with Crippen LogP contribution in [-0.4, -0.2) is 16.7 Å². The molecule has 0 bridgehead atoms. The summed E-state index contributed by atoms with van der Waals surface area (Å²) in [5.41, 5.74) is 11.0. The van der Waals surface area contributed by atoms with Crippen molar-refractivity contribution in [3.05, 3.63) is 39.9 Å². The van der Waals surface area contributed by atoms with Crippen LogP contribution in [0.5, 0.6) is 0 Å². The van der Waals surface area contributed by atoms with Crippen LogP contribution >= 0.6 is 0 Å². The predicted molar refractivity (Wildman–Crippen MR) is 66.3 cm³/mol. The molecule has 5 nitrogen and oxygen atoms in total. The Balaban J connectivity index is 2.16. The second-order valence-corrected chi connectivity index (χ2v) is 3.59. The molecule has 0 fully saturated rings. The summed E-state index contributed by atoms with van der Waals surface area (Å²) in [5.74, 6) is 5.97. The number of hydrogen-bond donors (Lipinski definition) is 1. The summed E-state index contributed by atoms with van der Waals surface area (Å²) >= 11 is 0. The first kappa shape index (κ1) is 11.1. The van der Waals surface area contributed by atoms with Crippen molar-refractivity contribution in [2.75, 3.05) is 6.54 Å². The van der Waals surface area contributed by atoms with Gasteiger partial charge >= 0.3 is 0 Å². The number of nitrogens with one attached hydrogen (secondary N) is 1. The molecule has 0 aliphatic carbocycles. The molecular formula is C12H11N5. The van der Waals surface area contributed by atoms with Gasteiger partial charge in [0.05, 0.1) is 5.52 Å². The van der Waals surface area contributed by atoms with Gasteiger partial charge in [0.2, 0.25) is 0 Å². The molecule has 0 atom stereocenters. The Labute approximate surface area is 98.5 Å². The Bertz CT molecular complexity index is 638. The topological polar surface area (TPSA) is 77.4 Å². The summed E-state index contributed by atoms with van der Waals surface area (Å²) in [6, 6.07) is 5.91. The fourth-order valence-electron chi connectivity index (χ4n) is 1.54. The first-order valence-electron chi connectivity index (χ1n) is 5.26. The monoisotopic (exact) mass is 225 g/mol. The van der Waals surface area contributed by atoms with Crippen LogP contribution in [0, 0.1) is 18.8 Å². The minimum absolute atomic E-state index is 0.410. The van der Waals surface area contributed by atoms with Gasteiger partial charge in [0.1, 0.15) is 0 Å². The highest BCUT2D eigenvalue weighted by Crippen LogP contribution is 2.15. The van der Waals surface area contributed by atoms with E-state index in [4.69, 9.17) is 5.53 Å². The third-order valence-corrected chi connectivity index (χ3v) is 2.38. The van der Waals surface area contributed by atoms with Crippen LogP contribution in [0.1, 0.15) is 17.7 Å². The third-order valence-electron chi connectivity index (χ3n) is 2.38. The van der Waals surface area contributed by atoms with E-state index in [1.165, 1.54) is 0 Å². The lowest BCUT2D eigenvalue weighted by atomic mass is 10.1. The summed E-state index contributed by atoms with van der Waals surface area (Å²) in [6.45, 7) is 2.40. The summed E-state index contributed by atoms with van der Waals surface area (Å²) in [5, 5.41) is 11.6. The maximum atomic E-state index is 8.10. The number of aromatic nitrogens is 2. The molecule has 84 valence electrons. The molecule has 5 heteroatoms. The molecule has 1 aromatic heterocycles. The fourth-order valence-corrected chi connectivity index (χ4v) is 1.54. The number of azide groups is 1. The van der Waals surface area contributed by atoms with Gasteiger partial charge in [-0.2, -0.15) is 5.10 Å². The van der Waals surface area contributed by atoms with E-state index in [2.05, 4.69) is 32.1 Å². The first-order chi connectivity index (χ1) is 8.31. The molecule has 0 radical (unpaired) electrons. The smallest absolute Gasteiger partial charge is 0.0936 e. The minimum atomic E-state index is 0.410. The van der Waals surface area contributed by atoms with Gasteiger partial charge in [-0.25, -0.2) is 0 Å². The highest BCUT2D eigenvalue weighted by atomic mass is 15.1. The SMILES string of the molecule is Cc1[nH]nc2cc(C#CCCN=[N+]=[N-])ccc12. The minimum Gasteiger partial charge on any atom is -0.282 e. The van der Waals surface area contributed by atoms with E-state index in [1.807, 2.05) is 25.1 Å². The van der Waals surface area contributed by atoms with Crippen LogP contribution in [0.15, 0.2) is 23.3 Å². The number of benzene rings is 1. The largest absolute Gasteiger partial charge is 0.282 e. The van der Waals surface area contributed by atoms with E-state index in [1.54, 1.807) is 0 Å². The molecule has 1 heterocycles. The molecule has 0 spiro atoms. The quantitative estimate of drug-likeness (QED) is 0.275. The second-order valence-electron chi connectivity index (χ2n) is 3.59. The van der Waals surface area contributed by atoms with Gasteiger partial charge in [-0.15, -0.1) is 0 Å². The van der Waals surface area contributed by atoms with Crippen molar-refractivity contribution in [2.24, 2.45) is 5.11 Å². The van der Waals surface area contributed by atoms with Crippen LogP contribution in [0.4, 0.5) is 0 Å². The zero-order valence-electron chi connectivity index (χ0n) is 9.44. The fraction of sp³-hybridized carbons (Fsp3) is 0.250. The second kappa shape index (κ2) is 5.06. The van der Waals surface area contributed by atoms with Crippen LogP contribution in [0.2, 0.25) is 0 Å². The van der Waals surface area contributed by atoms with Gasteiger partial charge in [0.25, 0.3) is 0 Å². The van der Waals surface area contributed by atoms with Gasteiger partial charge in [0, 0.05) is 34.5 Å². The molecular weight excluding hydrogens is 214 g/mol. The maximum Gasteiger partial charge on any atom is 0.0936 e. The Hall–Kier alpha value is -2.44. The molecule has 1 aromatic carbocycles.